The fraction of sp³-hybridized carbons (Fsp3) is 0.524. The Morgan fingerprint density at radius 1 is 1.28 bits per heavy atom. The van der Waals surface area contributed by atoms with E-state index in [0.29, 0.717) is 5.75 Å². The number of benzene rings is 1. The third-order valence-corrected chi connectivity index (χ3v) is 5.47. The van der Waals surface area contributed by atoms with Gasteiger partial charge in [0.25, 0.3) is 5.91 Å². The second kappa shape index (κ2) is 8.90. The van der Waals surface area contributed by atoms with E-state index in [1.807, 2.05) is 45.0 Å². The van der Waals surface area contributed by atoms with Gasteiger partial charge in [-0.15, -0.1) is 5.10 Å². The second-order valence-corrected chi connectivity index (χ2v) is 8.97. The van der Waals surface area contributed by atoms with Crippen molar-refractivity contribution < 1.29 is 14.3 Å². The van der Waals surface area contributed by atoms with Gasteiger partial charge >= 0.3 is 0 Å². The van der Waals surface area contributed by atoms with Gasteiger partial charge in [0, 0.05) is 17.0 Å². The van der Waals surface area contributed by atoms with Crippen LogP contribution in [-0.4, -0.2) is 45.0 Å². The van der Waals surface area contributed by atoms with E-state index in [4.69, 9.17) is 4.74 Å². The first-order valence-corrected chi connectivity index (χ1v) is 10.7. The molecular weight excluding hydrogens is 388 g/mol. The van der Waals surface area contributed by atoms with Crippen molar-refractivity contribution in [2.75, 3.05) is 7.11 Å². The largest absolute Gasteiger partial charge is 0.497 e. The summed E-state index contributed by atoms with van der Waals surface area (Å²) in [5.41, 5.74) is 0.564. The van der Waals surface area contributed by atoms with E-state index >= 15 is 0 Å². The zero-order valence-electron chi connectivity index (χ0n) is 17.3. The van der Waals surface area contributed by atoms with Gasteiger partial charge in [0.15, 0.2) is 5.69 Å². The number of nitrogens with one attached hydrogen (secondary N) is 1. The Hall–Kier alpha value is -2.48. The quantitative estimate of drug-likeness (QED) is 0.778. The van der Waals surface area contributed by atoms with Crippen molar-refractivity contribution in [3.63, 3.8) is 0 Å². The van der Waals surface area contributed by atoms with Crippen LogP contribution in [0.25, 0.3) is 0 Å². The van der Waals surface area contributed by atoms with Gasteiger partial charge in [-0.25, -0.2) is 0 Å². The molecule has 0 spiro atoms. The monoisotopic (exact) mass is 416 g/mol. The highest BCUT2D eigenvalue weighted by atomic mass is 32.1. The zero-order chi connectivity index (χ0) is 21.0. The van der Waals surface area contributed by atoms with E-state index < -0.39 is 11.6 Å². The molecule has 1 aromatic carbocycles. The summed E-state index contributed by atoms with van der Waals surface area (Å²) < 4.78 is 9.21. The van der Waals surface area contributed by atoms with E-state index in [0.717, 1.165) is 42.8 Å². The van der Waals surface area contributed by atoms with Crippen LogP contribution in [0.5, 0.6) is 5.75 Å². The molecule has 29 heavy (non-hydrogen) atoms. The predicted octanol–water partition coefficient (Wildman–Crippen LogP) is 3.59. The maximum atomic E-state index is 13.5. The highest BCUT2D eigenvalue weighted by Crippen LogP contribution is 2.34. The molecule has 0 saturated heterocycles. The van der Waals surface area contributed by atoms with Crippen molar-refractivity contribution >= 4 is 23.3 Å². The molecule has 1 aliphatic carbocycles. The standard InChI is InChI=1S/C21H28N4O3S/c1-21(2,3)22-19(26)18(14-8-7-11-16(12-14)28-4)25(15-9-5-6-10-15)20(27)17-13-29-24-23-17/h7-8,11-13,15,18H,5-6,9-10H2,1-4H3,(H,22,26). The molecule has 1 N–H and O–H groups in total. The number of ether oxygens (including phenoxy) is 1. The number of carbonyl (C=O) groups is 2. The lowest BCUT2D eigenvalue weighted by atomic mass is 9.98. The third-order valence-electron chi connectivity index (χ3n) is 4.97. The van der Waals surface area contributed by atoms with E-state index in [1.54, 1.807) is 17.4 Å². The molecule has 1 heterocycles. The molecule has 2 amide bonds. The second-order valence-electron chi connectivity index (χ2n) is 8.36. The van der Waals surface area contributed by atoms with Crippen LogP contribution < -0.4 is 10.1 Å². The minimum absolute atomic E-state index is 0.0221. The lowest BCUT2D eigenvalue weighted by molar-refractivity contribution is -0.128. The average Bonchev–Trinajstić information content (AvgIpc) is 3.37. The Morgan fingerprint density at radius 3 is 2.59 bits per heavy atom. The number of hydrogen-bond donors (Lipinski definition) is 1. The van der Waals surface area contributed by atoms with Gasteiger partial charge in [0.1, 0.15) is 11.8 Å². The van der Waals surface area contributed by atoms with Crippen LogP contribution in [-0.2, 0) is 4.79 Å². The lowest BCUT2D eigenvalue weighted by Gasteiger charge is -2.37. The van der Waals surface area contributed by atoms with Crippen LogP contribution in [0, 0.1) is 0 Å². The summed E-state index contributed by atoms with van der Waals surface area (Å²) in [5.74, 6) is 0.168. The molecule has 2 aromatic rings. The minimum atomic E-state index is -0.776. The molecule has 1 fully saturated rings. The summed E-state index contributed by atoms with van der Waals surface area (Å²) in [5, 5.41) is 8.66. The normalized spacial score (nSPS) is 15.7. The Morgan fingerprint density at radius 2 is 2.00 bits per heavy atom. The molecular formula is C21H28N4O3S. The molecule has 3 rings (SSSR count). The SMILES string of the molecule is COc1cccc(C(C(=O)NC(C)(C)C)N(C(=O)c2csnn2)C2CCCC2)c1. The smallest absolute Gasteiger partial charge is 0.276 e. The van der Waals surface area contributed by atoms with Gasteiger partial charge < -0.3 is 15.0 Å². The minimum Gasteiger partial charge on any atom is -0.497 e. The van der Waals surface area contributed by atoms with E-state index in [9.17, 15) is 9.59 Å². The fourth-order valence-electron chi connectivity index (χ4n) is 3.75. The summed E-state index contributed by atoms with van der Waals surface area (Å²) in [6, 6.07) is 6.56. The first kappa shape index (κ1) is 21.2. The first-order chi connectivity index (χ1) is 13.8. The van der Waals surface area contributed by atoms with Crippen molar-refractivity contribution in [2.24, 2.45) is 0 Å². The van der Waals surface area contributed by atoms with Crippen molar-refractivity contribution in [2.45, 2.75) is 64.1 Å². The van der Waals surface area contributed by atoms with Gasteiger partial charge in [-0.2, -0.15) is 0 Å². The molecule has 1 atom stereocenters. The summed E-state index contributed by atoms with van der Waals surface area (Å²) in [7, 11) is 1.59. The Kier molecular flexibility index (Phi) is 6.52. The van der Waals surface area contributed by atoms with Gasteiger partial charge in [-0.3, -0.25) is 9.59 Å². The van der Waals surface area contributed by atoms with E-state index in [1.165, 1.54) is 0 Å². The molecule has 1 aliphatic rings. The topological polar surface area (TPSA) is 84.4 Å². The molecule has 0 aliphatic heterocycles. The molecule has 1 aromatic heterocycles. The predicted molar refractivity (Wildman–Crippen MR) is 112 cm³/mol. The van der Waals surface area contributed by atoms with Crippen molar-refractivity contribution in [3.8, 4) is 5.75 Å². The Labute approximate surface area is 175 Å². The van der Waals surface area contributed by atoms with Gasteiger partial charge in [-0.05, 0) is 62.8 Å². The molecule has 0 radical (unpaired) electrons. The molecule has 1 unspecified atom stereocenters. The van der Waals surface area contributed by atoms with Gasteiger partial charge in [0.05, 0.1) is 7.11 Å². The van der Waals surface area contributed by atoms with Crippen molar-refractivity contribution in [1.29, 1.82) is 0 Å². The average molecular weight is 417 g/mol. The number of carbonyl (C=O) groups excluding carboxylic acids is 2. The van der Waals surface area contributed by atoms with Crippen LogP contribution in [0.4, 0.5) is 0 Å². The molecule has 156 valence electrons. The first-order valence-electron chi connectivity index (χ1n) is 9.86. The van der Waals surface area contributed by atoms with Crippen LogP contribution in [0.15, 0.2) is 29.6 Å². The summed E-state index contributed by atoms with van der Waals surface area (Å²) >= 11 is 1.13. The third kappa shape index (κ3) is 5.12. The molecule has 8 heteroatoms. The van der Waals surface area contributed by atoms with Crippen molar-refractivity contribution in [1.82, 2.24) is 19.8 Å². The van der Waals surface area contributed by atoms with Crippen LogP contribution in [0.2, 0.25) is 0 Å². The molecule has 1 saturated carbocycles. The number of hydrogen-bond acceptors (Lipinski definition) is 6. The van der Waals surface area contributed by atoms with Crippen LogP contribution in [0.3, 0.4) is 0 Å². The van der Waals surface area contributed by atoms with Crippen LogP contribution in [0.1, 0.15) is 68.5 Å². The fourth-order valence-corrected chi connectivity index (χ4v) is 4.18. The summed E-state index contributed by atoms with van der Waals surface area (Å²) in [4.78, 5) is 28.6. The molecule has 0 bridgehead atoms. The summed E-state index contributed by atoms with van der Waals surface area (Å²) in [6.45, 7) is 5.79. The number of rotatable bonds is 6. The van der Waals surface area contributed by atoms with Gasteiger partial charge in [0.2, 0.25) is 5.91 Å². The molecule has 7 nitrogen and oxygen atoms in total. The highest BCUT2D eigenvalue weighted by Gasteiger charge is 2.39. The van der Waals surface area contributed by atoms with E-state index in [-0.39, 0.29) is 23.6 Å². The Balaban J connectivity index is 2.08. The van der Waals surface area contributed by atoms with Crippen LogP contribution >= 0.6 is 11.5 Å². The number of amides is 2. The lowest BCUT2D eigenvalue weighted by Crippen LogP contribution is -2.51. The zero-order valence-corrected chi connectivity index (χ0v) is 18.2. The number of aromatic nitrogens is 2. The highest BCUT2D eigenvalue weighted by molar-refractivity contribution is 7.03. The number of methoxy groups -OCH3 is 1. The van der Waals surface area contributed by atoms with Gasteiger partial charge in [-0.1, -0.05) is 29.5 Å². The summed E-state index contributed by atoms with van der Waals surface area (Å²) in [6.07, 6.45) is 3.81. The number of nitrogens with zero attached hydrogens (tertiary/aromatic N) is 3. The maximum absolute atomic E-state index is 13.5. The van der Waals surface area contributed by atoms with Crippen molar-refractivity contribution in [3.05, 3.63) is 40.9 Å². The maximum Gasteiger partial charge on any atom is 0.276 e. The van der Waals surface area contributed by atoms with E-state index in [2.05, 4.69) is 14.9 Å². The Bertz CT molecular complexity index is 842.